The average molecular weight is 460 g/mol. The number of nitrogens with zero attached hydrogens (tertiary/aromatic N) is 2. The maximum Gasteiger partial charge on any atom is 0.253 e. The highest BCUT2D eigenvalue weighted by molar-refractivity contribution is 7.89. The maximum atomic E-state index is 12.9. The molecule has 1 unspecified atom stereocenters. The van der Waals surface area contributed by atoms with Gasteiger partial charge in [0.2, 0.25) is 10.0 Å². The van der Waals surface area contributed by atoms with Gasteiger partial charge in [-0.2, -0.15) is 0 Å². The summed E-state index contributed by atoms with van der Waals surface area (Å²) in [6.45, 7) is 7.68. The van der Waals surface area contributed by atoms with E-state index in [4.69, 9.17) is 4.74 Å². The van der Waals surface area contributed by atoms with Crippen LogP contribution in [0.3, 0.4) is 0 Å². The largest absolute Gasteiger partial charge is 0.497 e. The molecule has 1 atom stereocenters. The van der Waals surface area contributed by atoms with Crippen molar-refractivity contribution in [2.24, 2.45) is 0 Å². The van der Waals surface area contributed by atoms with Crippen LogP contribution in [0.5, 0.6) is 5.75 Å². The minimum absolute atomic E-state index is 0.0568. The second kappa shape index (κ2) is 10.9. The van der Waals surface area contributed by atoms with Gasteiger partial charge in [0.05, 0.1) is 12.0 Å². The Hall–Kier alpha value is -2.42. The normalized spacial score (nSPS) is 16.0. The Morgan fingerprint density at radius 1 is 1.03 bits per heavy atom. The molecule has 0 saturated carbocycles. The van der Waals surface area contributed by atoms with Gasteiger partial charge >= 0.3 is 0 Å². The summed E-state index contributed by atoms with van der Waals surface area (Å²) in [6.07, 6.45) is 1.67. The zero-order valence-electron chi connectivity index (χ0n) is 19.1. The van der Waals surface area contributed by atoms with Crippen molar-refractivity contribution in [1.29, 1.82) is 0 Å². The van der Waals surface area contributed by atoms with Crippen LogP contribution in [0.2, 0.25) is 0 Å². The molecular weight excluding hydrogens is 426 g/mol. The molecule has 0 aromatic heterocycles. The van der Waals surface area contributed by atoms with E-state index in [1.165, 1.54) is 17.7 Å². The Balaban J connectivity index is 1.50. The lowest BCUT2D eigenvalue weighted by atomic mass is 10.1. The second-order valence-corrected chi connectivity index (χ2v) is 9.90. The van der Waals surface area contributed by atoms with Gasteiger partial charge in [-0.25, -0.2) is 13.1 Å². The van der Waals surface area contributed by atoms with E-state index in [2.05, 4.69) is 21.8 Å². The Bertz CT molecular complexity index is 983. The number of rotatable bonds is 9. The van der Waals surface area contributed by atoms with E-state index in [0.29, 0.717) is 25.1 Å². The molecule has 1 heterocycles. The van der Waals surface area contributed by atoms with Crippen LogP contribution in [-0.2, 0) is 16.4 Å². The molecule has 3 rings (SSSR count). The molecule has 2 aromatic rings. The fourth-order valence-corrected chi connectivity index (χ4v) is 4.96. The minimum atomic E-state index is -3.57. The van der Waals surface area contributed by atoms with Crippen LogP contribution in [0.25, 0.3) is 0 Å². The Kier molecular flexibility index (Phi) is 8.28. The van der Waals surface area contributed by atoms with Crippen molar-refractivity contribution in [2.75, 3.05) is 39.8 Å². The van der Waals surface area contributed by atoms with E-state index >= 15 is 0 Å². The first-order chi connectivity index (χ1) is 15.3. The van der Waals surface area contributed by atoms with Gasteiger partial charge in [0.25, 0.3) is 5.91 Å². The lowest BCUT2D eigenvalue weighted by Gasteiger charge is -2.34. The quantitative estimate of drug-likeness (QED) is 0.624. The summed E-state index contributed by atoms with van der Waals surface area (Å²) in [6, 6.07) is 14.2. The minimum Gasteiger partial charge on any atom is -0.497 e. The van der Waals surface area contributed by atoms with E-state index in [1.807, 2.05) is 30.9 Å². The standard InChI is InChI=1S/C24H33N3O4S/c1-4-19(2)25-32(29,30)23-11-7-21(8-12-23)24(28)27-17-15-26(16-18-27)14-13-20-5-9-22(31-3)10-6-20/h5-12,19,25H,4,13-18H2,1-3H3. The molecule has 0 aliphatic carbocycles. The number of sulfonamides is 1. The number of hydrogen-bond acceptors (Lipinski definition) is 5. The van der Waals surface area contributed by atoms with Crippen molar-refractivity contribution in [2.45, 2.75) is 37.6 Å². The first-order valence-electron chi connectivity index (χ1n) is 11.1. The summed E-state index contributed by atoms with van der Waals surface area (Å²) in [5.41, 5.74) is 1.78. The summed E-state index contributed by atoms with van der Waals surface area (Å²) in [4.78, 5) is 17.2. The highest BCUT2D eigenvalue weighted by Crippen LogP contribution is 2.16. The molecule has 1 aliphatic heterocycles. The molecule has 1 amide bonds. The predicted octanol–water partition coefficient (Wildman–Crippen LogP) is 2.77. The third kappa shape index (κ3) is 6.31. The van der Waals surface area contributed by atoms with Gasteiger partial charge in [-0.1, -0.05) is 19.1 Å². The molecule has 0 bridgehead atoms. The maximum absolute atomic E-state index is 12.9. The monoisotopic (exact) mass is 459 g/mol. The Morgan fingerprint density at radius 2 is 1.66 bits per heavy atom. The molecule has 7 nitrogen and oxygen atoms in total. The van der Waals surface area contributed by atoms with Crippen molar-refractivity contribution >= 4 is 15.9 Å². The van der Waals surface area contributed by atoms with Crippen molar-refractivity contribution in [3.8, 4) is 5.75 Å². The van der Waals surface area contributed by atoms with E-state index in [9.17, 15) is 13.2 Å². The molecular formula is C24H33N3O4S. The number of amides is 1. The zero-order chi connectivity index (χ0) is 23.1. The molecule has 1 fully saturated rings. The fraction of sp³-hybridized carbons (Fsp3) is 0.458. The van der Waals surface area contributed by atoms with E-state index in [-0.39, 0.29) is 16.8 Å². The van der Waals surface area contributed by atoms with Crippen molar-refractivity contribution in [3.63, 3.8) is 0 Å². The number of ether oxygens (including phenoxy) is 1. The van der Waals surface area contributed by atoms with E-state index in [0.717, 1.165) is 31.8 Å². The van der Waals surface area contributed by atoms with E-state index < -0.39 is 10.0 Å². The first-order valence-corrected chi connectivity index (χ1v) is 12.6. The summed E-state index contributed by atoms with van der Waals surface area (Å²) in [5.74, 6) is 0.803. The molecule has 0 spiro atoms. The van der Waals surface area contributed by atoms with Crippen LogP contribution < -0.4 is 9.46 Å². The van der Waals surface area contributed by atoms with E-state index in [1.54, 1.807) is 19.2 Å². The van der Waals surface area contributed by atoms with Gasteiger partial charge in [0, 0.05) is 44.3 Å². The number of methoxy groups -OCH3 is 1. The van der Waals surface area contributed by atoms with Gasteiger partial charge in [0.15, 0.2) is 0 Å². The predicted molar refractivity (Wildman–Crippen MR) is 126 cm³/mol. The molecule has 2 aromatic carbocycles. The molecule has 32 heavy (non-hydrogen) atoms. The van der Waals surface area contributed by atoms with Gasteiger partial charge in [-0.05, 0) is 61.7 Å². The second-order valence-electron chi connectivity index (χ2n) is 8.19. The number of nitrogens with one attached hydrogen (secondary N) is 1. The van der Waals surface area contributed by atoms with Crippen LogP contribution in [0.4, 0.5) is 0 Å². The molecule has 1 N–H and O–H groups in total. The Morgan fingerprint density at radius 3 is 2.22 bits per heavy atom. The average Bonchev–Trinajstić information content (AvgIpc) is 2.82. The number of benzene rings is 2. The SMILES string of the molecule is CCC(C)NS(=O)(=O)c1ccc(C(=O)N2CCN(CCc3ccc(OC)cc3)CC2)cc1. The molecule has 1 saturated heterocycles. The van der Waals surface area contributed by atoms with Crippen LogP contribution in [0, 0.1) is 0 Å². The van der Waals surface area contributed by atoms with Crippen LogP contribution in [-0.4, -0.2) is 70.0 Å². The topological polar surface area (TPSA) is 79.0 Å². The molecule has 174 valence electrons. The van der Waals surface area contributed by atoms with Gasteiger partial charge in [-0.3, -0.25) is 9.69 Å². The number of carbonyl (C=O) groups excluding carboxylic acids is 1. The van der Waals surface area contributed by atoms with Gasteiger partial charge in [0.1, 0.15) is 5.75 Å². The smallest absolute Gasteiger partial charge is 0.253 e. The third-order valence-corrected chi connectivity index (χ3v) is 7.52. The van der Waals surface area contributed by atoms with Crippen LogP contribution >= 0.6 is 0 Å². The third-order valence-electron chi connectivity index (χ3n) is 5.92. The zero-order valence-corrected chi connectivity index (χ0v) is 19.9. The molecule has 0 radical (unpaired) electrons. The lowest BCUT2D eigenvalue weighted by molar-refractivity contribution is 0.0638. The lowest BCUT2D eigenvalue weighted by Crippen LogP contribution is -2.49. The van der Waals surface area contributed by atoms with Crippen molar-refractivity contribution in [3.05, 3.63) is 59.7 Å². The fourth-order valence-electron chi connectivity index (χ4n) is 3.63. The number of piperazine rings is 1. The summed E-state index contributed by atoms with van der Waals surface area (Å²) >= 11 is 0. The summed E-state index contributed by atoms with van der Waals surface area (Å²) in [5, 5.41) is 0. The summed E-state index contributed by atoms with van der Waals surface area (Å²) in [7, 11) is -1.90. The number of hydrogen-bond donors (Lipinski definition) is 1. The van der Waals surface area contributed by atoms with Crippen molar-refractivity contribution < 1.29 is 17.9 Å². The molecule has 8 heteroatoms. The highest BCUT2D eigenvalue weighted by atomic mass is 32.2. The van der Waals surface area contributed by atoms with Gasteiger partial charge < -0.3 is 9.64 Å². The summed E-state index contributed by atoms with van der Waals surface area (Å²) < 4.78 is 32.6. The molecule has 1 aliphatic rings. The van der Waals surface area contributed by atoms with Crippen LogP contribution in [0.1, 0.15) is 36.2 Å². The van der Waals surface area contributed by atoms with Crippen molar-refractivity contribution in [1.82, 2.24) is 14.5 Å². The number of carbonyl (C=O) groups is 1. The van der Waals surface area contributed by atoms with Crippen LogP contribution in [0.15, 0.2) is 53.4 Å². The highest BCUT2D eigenvalue weighted by Gasteiger charge is 2.23. The first kappa shape index (κ1) is 24.2. The Labute approximate surface area is 191 Å². The van der Waals surface area contributed by atoms with Gasteiger partial charge in [-0.15, -0.1) is 0 Å².